The normalized spacial score (nSPS) is 12.9. The lowest BCUT2D eigenvalue weighted by Gasteiger charge is -2.33. The molecule has 0 saturated carbocycles. The summed E-state index contributed by atoms with van der Waals surface area (Å²) in [6.45, 7) is 4.72. The smallest absolute Gasteiger partial charge is 0.259 e. The van der Waals surface area contributed by atoms with Crippen molar-refractivity contribution in [2.75, 3.05) is 18.5 Å². The van der Waals surface area contributed by atoms with Gasteiger partial charge in [-0.15, -0.1) is 0 Å². The van der Waals surface area contributed by atoms with Crippen LogP contribution in [0.2, 0.25) is 0 Å². The lowest BCUT2D eigenvalue weighted by Crippen LogP contribution is -2.31. The lowest BCUT2D eigenvalue weighted by molar-refractivity contribution is 0.134. The Bertz CT molecular complexity index is 903. The Labute approximate surface area is 147 Å². The molecule has 0 spiro atoms. The van der Waals surface area contributed by atoms with E-state index in [4.69, 9.17) is 0 Å². The number of fused-ring (bicyclic) bond motifs is 1. The SMILES string of the molecule is CC(C)(CO)[C@H](CNc1cc(=O)n2ccccc2n1)c1ccccc1. The van der Waals surface area contributed by atoms with Crippen LogP contribution in [0.25, 0.3) is 5.65 Å². The van der Waals surface area contributed by atoms with E-state index in [0.29, 0.717) is 18.0 Å². The number of hydrogen-bond donors (Lipinski definition) is 2. The van der Waals surface area contributed by atoms with Crippen molar-refractivity contribution in [3.8, 4) is 0 Å². The summed E-state index contributed by atoms with van der Waals surface area (Å²) in [5.74, 6) is 0.626. The van der Waals surface area contributed by atoms with Gasteiger partial charge in [0.25, 0.3) is 5.56 Å². The number of aromatic nitrogens is 2. The molecule has 1 atom stereocenters. The van der Waals surface area contributed by atoms with Crippen LogP contribution < -0.4 is 10.9 Å². The number of aliphatic hydroxyl groups is 1. The van der Waals surface area contributed by atoms with E-state index in [0.717, 1.165) is 5.56 Å². The Morgan fingerprint density at radius 1 is 1.16 bits per heavy atom. The van der Waals surface area contributed by atoms with E-state index in [1.807, 2.05) is 38.1 Å². The van der Waals surface area contributed by atoms with Crippen molar-refractivity contribution in [2.45, 2.75) is 19.8 Å². The minimum Gasteiger partial charge on any atom is -0.396 e. The summed E-state index contributed by atoms with van der Waals surface area (Å²) < 4.78 is 1.51. The maximum absolute atomic E-state index is 12.2. The molecule has 0 unspecified atom stereocenters. The summed E-state index contributed by atoms with van der Waals surface area (Å²) in [5, 5.41) is 13.1. The summed E-state index contributed by atoms with van der Waals surface area (Å²) in [5.41, 5.74) is 1.33. The van der Waals surface area contributed by atoms with Crippen molar-refractivity contribution in [3.05, 3.63) is 76.7 Å². The fourth-order valence-corrected chi connectivity index (χ4v) is 2.99. The van der Waals surface area contributed by atoms with Crippen LogP contribution in [0.5, 0.6) is 0 Å². The average molecular weight is 337 g/mol. The van der Waals surface area contributed by atoms with Gasteiger partial charge in [0.1, 0.15) is 11.5 Å². The number of nitrogens with one attached hydrogen (secondary N) is 1. The number of rotatable bonds is 6. The van der Waals surface area contributed by atoms with Crippen molar-refractivity contribution < 1.29 is 5.11 Å². The van der Waals surface area contributed by atoms with Gasteiger partial charge in [-0.05, 0) is 23.1 Å². The van der Waals surface area contributed by atoms with Crippen molar-refractivity contribution in [2.24, 2.45) is 5.41 Å². The second-order valence-corrected chi connectivity index (χ2v) is 6.90. The van der Waals surface area contributed by atoms with Gasteiger partial charge in [-0.2, -0.15) is 0 Å². The van der Waals surface area contributed by atoms with Crippen molar-refractivity contribution in [1.29, 1.82) is 0 Å². The van der Waals surface area contributed by atoms with Crippen LogP contribution in [-0.4, -0.2) is 27.6 Å². The van der Waals surface area contributed by atoms with Gasteiger partial charge in [-0.25, -0.2) is 4.98 Å². The second-order valence-electron chi connectivity index (χ2n) is 6.90. The number of nitrogens with zero attached hydrogens (tertiary/aromatic N) is 2. The van der Waals surface area contributed by atoms with Crippen LogP contribution in [0.1, 0.15) is 25.3 Å². The van der Waals surface area contributed by atoms with E-state index in [-0.39, 0.29) is 23.5 Å². The molecular weight excluding hydrogens is 314 g/mol. The van der Waals surface area contributed by atoms with E-state index < -0.39 is 0 Å². The highest BCUT2D eigenvalue weighted by Gasteiger charge is 2.30. The number of pyridine rings is 1. The highest BCUT2D eigenvalue weighted by molar-refractivity contribution is 5.46. The molecule has 5 heteroatoms. The number of benzene rings is 1. The second kappa shape index (κ2) is 7.07. The van der Waals surface area contributed by atoms with Gasteiger partial charge in [-0.3, -0.25) is 9.20 Å². The molecule has 25 heavy (non-hydrogen) atoms. The standard InChI is InChI=1S/C20H23N3O2/c1-20(2,14-24)16(15-8-4-3-5-9-15)13-21-17-12-19(25)23-11-7-6-10-18(23)22-17/h3-12,16,21,24H,13-14H2,1-2H3/t16-/m1/s1. The molecule has 2 N–H and O–H groups in total. The summed E-state index contributed by atoms with van der Waals surface area (Å²) in [6.07, 6.45) is 1.70. The number of anilines is 1. The van der Waals surface area contributed by atoms with Crippen LogP contribution in [-0.2, 0) is 0 Å². The van der Waals surface area contributed by atoms with Gasteiger partial charge in [0, 0.05) is 31.3 Å². The van der Waals surface area contributed by atoms with E-state index >= 15 is 0 Å². The third-order valence-electron chi connectivity index (χ3n) is 4.61. The minimum atomic E-state index is -0.305. The lowest BCUT2D eigenvalue weighted by atomic mass is 9.75. The minimum absolute atomic E-state index is 0.0715. The molecule has 0 bridgehead atoms. The van der Waals surface area contributed by atoms with Crippen LogP contribution in [0, 0.1) is 5.41 Å². The van der Waals surface area contributed by atoms with Gasteiger partial charge in [-0.1, -0.05) is 50.2 Å². The van der Waals surface area contributed by atoms with Gasteiger partial charge in [0.15, 0.2) is 0 Å². The maximum atomic E-state index is 12.2. The third-order valence-corrected chi connectivity index (χ3v) is 4.61. The quantitative estimate of drug-likeness (QED) is 0.726. The first-order chi connectivity index (χ1) is 12.0. The van der Waals surface area contributed by atoms with Crippen molar-refractivity contribution in [1.82, 2.24) is 9.38 Å². The Hall–Kier alpha value is -2.66. The molecule has 5 nitrogen and oxygen atoms in total. The average Bonchev–Trinajstić information content (AvgIpc) is 2.63. The van der Waals surface area contributed by atoms with Crippen LogP contribution in [0.3, 0.4) is 0 Å². The van der Waals surface area contributed by atoms with Gasteiger partial charge >= 0.3 is 0 Å². The topological polar surface area (TPSA) is 66.6 Å². The van der Waals surface area contributed by atoms with Gasteiger partial charge < -0.3 is 10.4 Å². The molecule has 1 aromatic carbocycles. The van der Waals surface area contributed by atoms with E-state index in [1.54, 1.807) is 18.3 Å². The summed E-state index contributed by atoms with van der Waals surface area (Å²) in [6, 6.07) is 17.1. The first-order valence-corrected chi connectivity index (χ1v) is 8.39. The Kier molecular flexibility index (Phi) is 4.86. The van der Waals surface area contributed by atoms with Crippen molar-refractivity contribution >= 4 is 11.5 Å². The zero-order valence-corrected chi connectivity index (χ0v) is 14.5. The molecule has 0 radical (unpaired) electrons. The highest BCUT2D eigenvalue weighted by Crippen LogP contribution is 2.35. The monoisotopic (exact) mass is 337 g/mol. The van der Waals surface area contributed by atoms with E-state index in [2.05, 4.69) is 22.4 Å². The summed E-state index contributed by atoms with van der Waals surface area (Å²) in [7, 11) is 0. The van der Waals surface area contributed by atoms with Gasteiger partial charge in [0.05, 0.1) is 0 Å². The predicted octanol–water partition coefficient (Wildman–Crippen LogP) is 2.91. The van der Waals surface area contributed by atoms with Crippen LogP contribution in [0.4, 0.5) is 5.82 Å². The zero-order chi connectivity index (χ0) is 17.9. The molecule has 130 valence electrons. The molecule has 0 amide bonds. The Balaban J connectivity index is 1.88. The summed E-state index contributed by atoms with van der Waals surface area (Å²) in [4.78, 5) is 16.7. The van der Waals surface area contributed by atoms with Crippen molar-refractivity contribution in [3.63, 3.8) is 0 Å². The molecule has 2 aromatic heterocycles. The first kappa shape index (κ1) is 17.2. The molecule has 2 heterocycles. The molecule has 3 rings (SSSR count). The fraction of sp³-hybridized carbons (Fsp3) is 0.300. The molecule has 0 saturated heterocycles. The van der Waals surface area contributed by atoms with Crippen LogP contribution in [0.15, 0.2) is 65.6 Å². The number of hydrogen-bond acceptors (Lipinski definition) is 4. The molecule has 0 aliphatic carbocycles. The Morgan fingerprint density at radius 2 is 1.88 bits per heavy atom. The molecule has 0 fully saturated rings. The van der Waals surface area contributed by atoms with Crippen LogP contribution >= 0.6 is 0 Å². The summed E-state index contributed by atoms with van der Waals surface area (Å²) >= 11 is 0. The fourth-order valence-electron chi connectivity index (χ4n) is 2.99. The maximum Gasteiger partial charge on any atom is 0.259 e. The number of aliphatic hydroxyl groups excluding tert-OH is 1. The van der Waals surface area contributed by atoms with Gasteiger partial charge in [0.2, 0.25) is 0 Å². The highest BCUT2D eigenvalue weighted by atomic mass is 16.3. The molecule has 0 aliphatic heterocycles. The molecule has 0 aliphatic rings. The van der Waals surface area contributed by atoms with E-state index in [1.165, 1.54) is 10.5 Å². The molecular formula is C20H23N3O2. The predicted molar refractivity (Wildman–Crippen MR) is 100 cm³/mol. The zero-order valence-electron chi connectivity index (χ0n) is 14.5. The largest absolute Gasteiger partial charge is 0.396 e. The first-order valence-electron chi connectivity index (χ1n) is 8.39. The third kappa shape index (κ3) is 3.72. The van der Waals surface area contributed by atoms with E-state index in [9.17, 15) is 9.90 Å². The Morgan fingerprint density at radius 3 is 2.60 bits per heavy atom. The molecule has 3 aromatic rings.